The van der Waals surface area contributed by atoms with Crippen LogP contribution in [0.25, 0.3) is 0 Å². The van der Waals surface area contributed by atoms with Crippen LogP contribution in [0.4, 0.5) is 11.4 Å². The van der Waals surface area contributed by atoms with E-state index in [0.717, 1.165) is 26.1 Å². The molecule has 0 saturated carbocycles. The van der Waals surface area contributed by atoms with Gasteiger partial charge in [0.2, 0.25) is 0 Å². The van der Waals surface area contributed by atoms with E-state index in [-0.39, 0.29) is 5.91 Å². The first kappa shape index (κ1) is 13.7. The van der Waals surface area contributed by atoms with Crippen molar-refractivity contribution in [2.45, 2.75) is 13.0 Å². The number of aryl methyl sites for hydroxylation is 1. The van der Waals surface area contributed by atoms with Crippen molar-refractivity contribution >= 4 is 51.5 Å². The van der Waals surface area contributed by atoms with Gasteiger partial charge in [0.15, 0.2) is 0 Å². The van der Waals surface area contributed by atoms with Crippen molar-refractivity contribution in [2.75, 3.05) is 10.6 Å². The number of halogens is 2. The number of carbonyl (C=O) groups excluding carboxylic acids is 1. The molecule has 1 aliphatic rings. The van der Waals surface area contributed by atoms with Crippen LogP contribution >= 0.6 is 34.2 Å². The number of anilines is 2. The van der Waals surface area contributed by atoms with E-state index < -0.39 is 6.04 Å². The minimum absolute atomic E-state index is 0.0554. The molecule has 0 saturated heterocycles. The van der Waals surface area contributed by atoms with E-state index in [0.29, 0.717) is 5.02 Å². The largest absolute Gasteiger partial charge is 0.369 e. The minimum Gasteiger partial charge on any atom is -0.369 e. The highest BCUT2D eigenvalue weighted by molar-refractivity contribution is 14.1. The summed E-state index contributed by atoms with van der Waals surface area (Å²) in [5.74, 6) is -0.0554. The van der Waals surface area contributed by atoms with Gasteiger partial charge in [-0.3, -0.25) is 4.79 Å². The minimum atomic E-state index is -0.400. The Morgan fingerprint density at radius 3 is 2.80 bits per heavy atom. The first-order chi connectivity index (χ1) is 9.54. The highest BCUT2D eigenvalue weighted by Gasteiger charge is 2.30. The molecule has 0 fully saturated rings. The normalized spacial score (nSPS) is 16.8. The molecule has 0 bridgehead atoms. The van der Waals surface area contributed by atoms with Crippen molar-refractivity contribution in [1.29, 1.82) is 0 Å². The Balaban J connectivity index is 1.95. The summed E-state index contributed by atoms with van der Waals surface area (Å²) in [5, 5.41) is 6.72. The fourth-order valence-electron chi connectivity index (χ4n) is 2.29. The molecular weight excluding hydrogens is 387 g/mol. The van der Waals surface area contributed by atoms with Gasteiger partial charge >= 0.3 is 0 Å². The molecule has 0 spiro atoms. The molecule has 1 heterocycles. The number of fused-ring (bicyclic) bond motifs is 1. The molecule has 3 nitrogen and oxygen atoms in total. The lowest BCUT2D eigenvalue weighted by Gasteiger charge is -2.14. The summed E-state index contributed by atoms with van der Waals surface area (Å²) < 4.78 is 1.06. The SMILES string of the molecule is Cc1ccc2c(c1)C(Nc1ccc(I)cc1Cl)C(=O)N2. The van der Waals surface area contributed by atoms with E-state index in [4.69, 9.17) is 11.6 Å². The number of benzene rings is 2. The summed E-state index contributed by atoms with van der Waals surface area (Å²) in [6.07, 6.45) is 0. The monoisotopic (exact) mass is 398 g/mol. The highest BCUT2D eigenvalue weighted by atomic mass is 127. The summed E-state index contributed by atoms with van der Waals surface area (Å²) in [7, 11) is 0. The number of nitrogens with one attached hydrogen (secondary N) is 2. The highest BCUT2D eigenvalue weighted by Crippen LogP contribution is 2.35. The molecule has 0 radical (unpaired) electrons. The lowest BCUT2D eigenvalue weighted by atomic mass is 10.1. The zero-order chi connectivity index (χ0) is 14.3. The molecule has 1 atom stereocenters. The summed E-state index contributed by atoms with van der Waals surface area (Å²) in [6.45, 7) is 2.01. The molecule has 102 valence electrons. The summed E-state index contributed by atoms with van der Waals surface area (Å²) >= 11 is 8.42. The first-order valence-electron chi connectivity index (χ1n) is 6.17. The molecule has 2 N–H and O–H groups in total. The third kappa shape index (κ3) is 2.50. The van der Waals surface area contributed by atoms with Crippen molar-refractivity contribution < 1.29 is 4.79 Å². The second kappa shape index (κ2) is 5.26. The Labute approximate surface area is 135 Å². The van der Waals surface area contributed by atoms with Gasteiger partial charge in [0, 0.05) is 14.8 Å². The summed E-state index contributed by atoms with van der Waals surface area (Å²) in [6, 6.07) is 11.3. The average molecular weight is 399 g/mol. The zero-order valence-electron chi connectivity index (χ0n) is 10.7. The average Bonchev–Trinajstić information content (AvgIpc) is 2.69. The second-order valence-electron chi connectivity index (χ2n) is 4.78. The third-order valence-electron chi connectivity index (χ3n) is 3.27. The molecule has 2 aromatic rings. The zero-order valence-corrected chi connectivity index (χ0v) is 13.6. The van der Waals surface area contributed by atoms with Gasteiger partial charge in [0.05, 0.1) is 10.7 Å². The second-order valence-corrected chi connectivity index (χ2v) is 6.43. The molecule has 3 rings (SSSR count). The molecule has 1 amide bonds. The Bertz CT molecular complexity index is 702. The maximum absolute atomic E-state index is 12.1. The maximum Gasteiger partial charge on any atom is 0.251 e. The quantitative estimate of drug-likeness (QED) is 0.738. The Morgan fingerprint density at radius 2 is 2.05 bits per heavy atom. The predicted molar refractivity (Wildman–Crippen MR) is 90.3 cm³/mol. The van der Waals surface area contributed by atoms with E-state index in [1.54, 1.807) is 0 Å². The number of hydrogen-bond acceptors (Lipinski definition) is 2. The van der Waals surface area contributed by atoms with Crippen molar-refractivity contribution in [3.05, 3.63) is 56.1 Å². The van der Waals surface area contributed by atoms with Crippen LogP contribution in [0.5, 0.6) is 0 Å². The molecular formula is C15H12ClIN2O. The van der Waals surface area contributed by atoms with Crippen molar-refractivity contribution in [1.82, 2.24) is 0 Å². The van der Waals surface area contributed by atoms with E-state index in [1.165, 1.54) is 0 Å². The number of hydrogen-bond donors (Lipinski definition) is 2. The van der Waals surface area contributed by atoms with E-state index >= 15 is 0 Å². The molecule has 0 aliphatic carbocycles. The predicted octanol–water partition coefficient (Wildman–Crippen LogP) is 4.36. The van der Waals surface area contributed by atoms with Crippen molar-refractivity contribution in [3.63, 3.8) is 0 Å². The first-order valence-corrected chi connectivity index (χ1v) is 7.63. The summed E-state index contributed by atoms with van der Waals surface area (Å²) in [4.78, 5) is 12.1. The Hall–Kier alpha value is -1.27. The van der Waals surface area contributed by atoms with E-state index in [9.17, 15) is 4.79 Å². The third-order valence-corrected chi connectivity index (χ3v) is 4.25. The Kier molecular flexibility index (Phi) is 3.60. The van der Waals surface area contributed by atoms with Crippen LogP contribution in [0, 0.1) is 10.5 Å². The summed E-state index contributed by atoms with van der Waals surface area (Å²) in [5.41, 5.74) is 3.71. The van der Waals surface area contributed by atoms with Gasteiger partial charge in [-0.25, -0.2) is 0 Å². The molecule has 20 heavy (non-hydrogen) atoms. The molecule has 1 unspecified atom stereocenters. The lowest BCUT2D eigenvalue weighted by Crippen LogP contribution is -2.19. The number of rotatable bonds is 2. The van der Waals surface area contributed by atoms with E-state index in [2.05, 4.69) is 33.2 Å². The van der Waals surface area contributed by atoms with Crippen molar-refractivity contribution in [3.8, 4) is 0 Å². The Morgan fingerprint density at radius 1 is 1.25 bits per heavy atom. The lowest BCUT2D eigenvalue weighted by molar-refractivity contribution is -0.116. The molecule has 5 heteroatoms. The van der Waals surface area contributed by atoms with Crippen LogP contribution in [-0.2, 0) is 4.79 Å². The van der Waals surface area contributed by atoms with Crippen LogP contribution < -0.4 is 10.6 Å². The van der Waals surface area contributed by atoms with Crippen LogP contribution in [-0.4, -0.2) is 5.91 Å². The number of carbonyl (C=O) groups is 1. The van der Waals surface area contributed by atoms with Crippen LogP contribution in [0.1, 0.15) is 17.2 Å². The fraction of sp³-hybridized carbons (Fsp3) is 0.133. The topological polar surface area (TPSA) is 41.1 Å². The molecule has 1 aliphatic heterocycles. The van der Waals surface area contributed by atoms with Gasteiger partial charge in [0.25, 0.3) is 5.91 Å². The van der Waals surface area contributed by atoms with Gasteiger partial charge in [-0.15, -0.1) is 0 Å². The molecule has 0 aromatic heterocycles. The fourth-order valence-corrected chi connectivity index (χ4v) is 3.20. The molecule has 2 aromatic carbocycles. The number of amides is 1. The van der Waals surface area contributed by atoms with Crippen LogP contribution in [0.15, 0.2) is 36.4 Å². The van der Waals surface area contributed by atoms with Gasteiger partial charge in [-0.1, -0.05) is 29.3 Å². The van der Waals surface area contributed by atoms with E-state index in [1.807, 2.05) is 43.3 Å². The van der Waals surface area contributed by atoms with Gasteiger partial charge < -0.3 is 10.6 Å². The maximum atomic E-state index is 12.1. The van der Waals surface area contributed by atoms with Gasteiger partial charge in [-0.2, -0.15) is 0 Å². The van der Waals surface area contributed by atoms with Crippen LogP contribution in [0.3, 0.4) is 0 Å². The van der Waals surface area contributed by atoms with Gasteiger partial charge in [-0.05, 0) is 53.8 Å². The van der Waals surface area contributed by atoms with Crippen molar-refractivity contribution in [2.24, 2.45) is 0 Å². The standard InChI is InChI=1S/C15H12ClIN2O/c1-8-2-4-12-10(6-8)14(15(20)19-12)18-13-5-3-9(17)7-11(13)16/h2-7,14,18H,1H3,(H,19,20). The van der Waals surface area contributed by atoms with Crippen LogP contribution in [0.2, 0.25) is 5.02 Å². The smallest absolute Gasteiger partial charge is 0.251 e. The van der Waals surface area contributed by atoms with Gasteiger partial charge in [0.1, 0.15) is 6.04 Å².